The molecule has 0 heterocycles. The molecule has 4 aromatic carbocycles. The highest BCUT2D eigenvalue weighted by molar-refractivity contribution is 5.50. The minimum atomic E-state index is 0.952. The van der Waals surface area contributed by atoms with Crippen LogP contribution in [0.25, 0.3) is 0 Å². The quantitative estimate of drug-likeness (QED) is 0.0454. The molecule has 4 aromatic rings. The molecule has 0 fully saturated rings. The summed E-state index contributed by atoms with van der Waals surface area (Å²) in [5, 5.41) is 0. The summed E-state index contributed by atoms with van der Waals surface area (Å²) in [5.41, 5.74) is 25.6. The molecule has 0 amide bonds. The van der Waals surface area contributed by atoms with E-state index in [4.69, 9.17) is 11.5 Å². The molecule has 0 saturated carbocycles. The summed E-state index contributed by atoms with van der Waals surface area (Å²) >= 11 is 0. The number of hydrogen-bond donors (Lipinski definition) is 2. The molecule has 0 aliphatic heterocycles. The minimum Gasteiger partial charge on any atom is -0.399 e. The van der Waals surface area contributed by atoms with Gasteiger partial charge < -0.3 is 11.5 Å². The van der Waals surface area contributed by atoms with Gasteiger partial charge in [-0.3, -0.25) is 0 Å². The number of rotatable bonds is 28. The average molecular weight is 715 g/mol. The molecular formula is C51H74N2. The lowest BCUT2D eigenvalue weighted by Gasteiger charge is -2.10. The Morgan fingerprint density at radius 1 is 0.302 bits per heavy atom. The maximum Gasteiger partial charge on any atom is 0.0346 e. The Bertz CT molecular complexity index is 1420. The van der Waals surface area contributed by atoms with Gasteiger partial charge in [0.15, 0.2) is 0 Å². The fourth-order valence-electron chi connectivity index (χ4n) is 7.82. The van der Waals surface area contributed by atoms with E-state index in [0.717, 1.165) is 37.1 Å². The van der Waals surface area contributed by atoms with Gasteiger partial charge in [0, 0.05) is 11.4 Å². The van der Waals surface area contributed by atoms with Gasteiger partial charge in [-0.15, -0.1) is 0 Å². The number of aryl methyl sites for hydroxylation is 4. The molecule has 0 unspecified atom stereocenters. The molecule has 0 aliphatic carbocycles. The zero-order valence-electron chi connectivity index (χ0n) is 33.9. The molecule has 2 nitrogen and oxygen atoms in total. The molecule has 53 heavy (non-hydrogen) atoms. The van der Waals surface area contributed by atoms with E-state index in [1.807, 2.05) is 0 Å². The van der Waals surface area contributed by atoms with Crippen LogP contribution in [0.15, 0.2) is 84.9 Å². The maximum atomic E-state index is 6.28. The van der Waals surface area contributed by atoms with Crippen LogP contribution in [0.5, 0.6) is 0 Å². The second-order valence-electron chi connectivity index (χ2n) is 16.1. The van der Waals surface area contributed by atoms with Crippen molar-refractivity contribution in [2.24, 2.45) is 0 Å². The van der Waals surface area contributed by atoms with E-state index in [0.29, 0.717) is 0 Å². The third-order valence-corrected chi connectivity index (χ3v) is 11.3. The van der Waals surface area contributed by atoms with Gasteiger partial charge in [-0.2, -0.15) is 0 Å². The molecule has 0 saturated heterocycles. The van der Waals surface area contributed by atoms with Crippen LogP contribution in [0.4, 0.5) is 11.4 Å². The van der Waals surface area contributed by atoms with Crippen LogP contribution in [0.1, 0.15) is 180 Å². The number of nitrogens with two attached hydrogens (primary N) is 2. The SMILES string of the molecule is CCCCCCc1cc(Cc2ccc(CCCCCCCCCCCCCc3ccc(Cc4ccc(N)c(CCCCCC)c4)cc3)cc2)ccc1N. The number of hydrogen-bond acceptors (Lipinski definition) is 2. The summed E-state index contributed by atoms with van der Waals surface area (Å²) in [6.07, 6.45) is 32.0. The second kappa shape index (κ2) is 25.5. The van der Waals surface area contributed by atoms with Crippen molar-refractivity contribution in [1.82, 2.24) is 0 Å². The highest BCUT2D eigenvalue weighted by Crippen LogP contribution is 2.22. The van der Waals surface area contributed by atoms with E-state index in [2.05, 4.69) is 98.8 Å². The van der Waals surface area contributed by atoms with Crippen molar-refractivity contribution in [3.05, 3.63) is 129 Å². The Kier molecular flexibility index (Phi) is 20.3. The average Bonchev–Trinajstić information content (AvgIpc) is 3.17. The normalized spacial score (nSPS) is 11.4. The third-order valence-electron chi connectivity index (χ3n) is 11.3. The molecule has 0 aliphatic rings. The fourth-order valence-corrected chi connectivity index (χ4v) is 7.82. The van der Waals surface area contributed by atoms with Crippen LogP contribution in [-0.2, 0) is 38.5 Å². The summed E-state index contributed by atoms with van der Waals surface area (Å²) in [6, 6.07) is 32.0. The molecular weight excluding hydrogens is 641 g/mol. The molecule has 2 heteroatoms. The number of benzene rings is 4. The Morgan fingerprint density at radius 3 is 0.943 bits per heavy atom. The third kappa shape index (κ3) is 17.0. The summed E-state index contributed by atoms with van der Waals surface area (Å²) in [4.78, 5) is 0. The van der Waals surface area contributed by atoms with Crippen LogP contribution in [0, 0.1) is 0 Å². The van der Waals surface area contributed by atoms with Gasteiger partial charge in [0.05, 0.1) is 0 Å². The predicted molar refractivity (Wildman–Crippen MR) is 234 cm³/mol. The van der Waals surface area contributed by atoms with Crippen molar-refractivity contribution < 1.29 is 0 Å². The van der Waals surface area contributed by atoms with E-state index in [1.165, 1.54) is 179 Å². The van der Waals surface area contributed by atoms with E-state index >= 15 is 0 Å². The Morgan fingerprint density at radius 2 is 0.585 bits per heavy atom. The van der Waals surface area contributed by atoms with Gasteiger partial charge in [0.1, 0.15) is 0 Å². The zero-order chi connectivity index (χ0) is 37.4. The van der Waals surface area contributed by atoms with E-state index in [-0.39, 0.29) is 0 Å². The minimum absolute atomic E-state index is 0.952. The van der Waals surface area contributed by atoms with Crippen molar-refractivity contribution in [1.29, 1.82) is 0 Å². The Balaban J connectivity index is 0.977. The van der Waals surface area contributed by atoms with Crippen LogP contribution >= 0.6 is 0 Å². The summed E-state index contributed by atoms with van der Waals surface area (Å²) < 4.78 is 0. The number of unbranched alkanes of at least 4 members (excludes halogenated alkanes) is 16. The smallest absolute Gasteiger partial charge is 0.0346 e. The molecule has 0 aromatic heterocycles. The van der Waals surface area contributed by atoms with Crippen LogP contribution in [0.2, 0.25) is 0 Å². The highest BCUT2D eigenvalue weighted by atomic mass is 14.6. The Hall–Kier alpha value is -3.52. The maximum absolute atomic E-state index is 6.28. The van der Waals surface area contributed by atoms with Gasteiger partial charge in [-0.05, 0) is 121 Å². The second-order valence-corrected chi connectivity index (χ2v) is 16.1. The van der Waals surface area contributed by atoms with Crippen LogP contribution in [-0.4, -0.2) is 0 Å². The molecule has 0 bridgehead atoms. The van der Waals surface area contributed by atoms with E-state index in [1.54, 1.807) is 0 Å². The lowest BCUT2D eigenvalue weighted by molar-refractivity contribution is 0.545. The lowest BCUT2D eigenvalue weighted by Crippen LogP contribution is -1.98. The molecule has 0 atom stereocenters. The summed E-state index contributed by atoms with van der Waals surface area (Å²) in [5.74, 6) is 0. The molecule has 4 rings (SSSR count). The Labute approximate surface area is 325 Å². The first-order valence-corrected chi connectivity index (χ1v) is 21.9. The van der Waals surface area contributed by atoms with Gasteiger partial charge in [0.2, 0.25) is 0 Å². The van der Waals surface area contributed by atoms with Crippen LogP contribution < -0.4 is 11.5 Å². The van der Waals surface area contributed by atoms with Crippen molar-refractivity contribution in [2.45, 2.75) is 174 Å². The first-order chi connectivity index (χ1) is 26.0. The summed E-state index contributed by atoms with van der Waals surface area (Å²) in [7, 11) is 0. The van der Waals surface area contributed by atoms with Crippen LogP contribution in [0.3, 0.4) is 0 Å². The molecule has 288 valence electrons. The largest absolute Gasteiger partial charge is 0.399 e. The first kappa shape index (κ1) is 42.2. The van der Waals surface area contributed by atoms with Crippen molar-refractivity contribution >= 4 is 11.4 Å². The van der Waals surface area contributed by atoms with Gasteiger partial charge >= 0.3 is 0 Å². The highest BCUT2D eigenvalue weighted by Gasteiger charge is 2.06. The molecule has 0 spiro atoms. The standard InChI is InChI=1S/C51H74N2/c1-3-5-7-20-24-48-40-46(34-36-50(48)52)38-44-30-26-42(27-31-44)22-18-16-14-12-10-9-11-13-15-17-19-23-43-28-32-45(33-29-43)39-47-35-37-51(53)49(41-47)25-21-8-6-4-2/h26-37,40-41H,3-25,38-39,52-53H2,1-2H3. The molecule has 4 N–H and O–H groups in total. The monoisotopic (exact) mass is 715 g/mol. The fraction of sp³-hybridized carbons (Fsp3) is 0.529. The van der Waals surface area contributed by atoms with Gasteiger partial charge in [-0.25, -0.2) is 0 Å². The first-order valence-electron chi connectivity index (χ1n) is 21.9. The number of nitrogen functional groups attached to an aromatic ring is 2. The van der Waals surface area contributed by atoms with E-state index in [9.17, 15) is 0 Å². The van der Waals surface area contributed by atoms with Crippen molar-refractivity contribution in [3.63, 3.8) is 0 Å². The zero-order valence-corrected chi connectivity index (χ0v) is 33.9. The lowest BCUT2D eigenvalue weighted by atomic mass is 9.97. The summed E-state index contributed by atoms with van der Waals surface area (Å²) in [6.45, 7) is 4.53. The van der Waals surface area contributed by atoms with Gasteiger partial charge in [0.25, 0.3) is 0 Å². The van der Waals surface area contributed by atoms with Crippen molar-refractivity contribution in [2.75, 3.05) is 11.5 Å². The predicted octanol–water partition coefficient (Wildman–Crippen LogP) is 14.4. The topological polar surface area (TPSA) is 52.0 Å². The van der Waals surface area contributed by atoms with Gasteiger partial charge in [-0.1, -0.05) is 183 Å². The van der Waals surface area contributed by atoms with Crippen molar-refractivity contribution in [3.8, 4) is 0 Å². The molecule has 0 radical (unpaired) electrons. The van der Waals surface area contributed by atoms with E-state index < -0.39 is 0 Å². The number of anilines is 2.